The van der Waals surface area contributed by atoms with Gasteiger partial charge in [0.15, 0.2) is 5.13 Å². The van der Waals surface area contributed by atoms with E-state index in [0.29, 0.717) is 16.5 Å². The van der Waals surface area contributed by atoms with Crippen molar-refractivity contribution in [3.05, 3.63) is 59.7 Å². The monoisotopic (exact) mass is 487 g/mol. The lowest BCUT2D eigenvalue weighted by Gasteiger charge is -2.07. The van der Waals surface area contributed by atoms with E-state index in [1.54, 1.807) is 24.3 Å². The summed E-state index contributed by atoms with van der Waals surface area (Å²) in [6.45, 7) is 2.01. The van der Waals surface area contributed by atoms with Crippen molar-refractivity contribution in [1.29, 1.82) is 0 Å². The van der Waals surface area contributed by atoms with Gasteiger partial charge >= 0.3 is 0 Å². The second-order valence-corrected chi connectivity index (χ2v) is 11.1. The van der Waals surface area contributed by atoms with Gasteiger partial charge in [-0.25, -0.2) is 18.4 Å². The number of amides is 1. The van der Waals surface area contributed by atoms with Crippen LogP contribution in [0.1, 0.15) is 18.0 Å². The van der Waals surface area contributed by atoms with Gasteiger partial charge in [0.25, 0.3) is 0 Å². The number of nitrogens with one attached hydrogen (secondary N) is 3. The van der Waals surface area contributed by atoms with E-state index in [-0.39, 0.29) is 16.9 Å². The highest BCUT2D eigenvalue weighted by atomic mass is 32.2. The molecule has 2 aromatic heterocycles. The molecule has 1 atom stereocenters. The largest absolute Gasteiger partial charge is 0.341 e. The maximum Gasteiger partial charge on any atom is 0.236 e. The van der Waals surface area contributed by atoms with Crippen molar-refractivity contribution in [1.82, 2.24) is 15.0 Å². The van der Waals surface area contributed by atoms with Gasteiger partial charge in [-0.3, -0.25) is 9.52 Å². The van der Waals surface area contributed by atoms with Crippen LogP contribution in [0.25, 0.3) is 22.3 Å². The molecule has 0 saturated carbocycles. The number of carbonyl (C=O) groups excluding carboxylic acids is 1. The second-order valence-electron chi connectivity index (χ2n) is 7.13. The van der Waals surface area contributed by atoms with Crippen LogP contribution in [-0.2, 0) is 14.8 Å². The van der Waals surface area contributed by atoms with Crippen LogP contribution < -0.4 is 10.0 Å². The first-order chi connectivity index (χ1) is 15.3. The van der Waals surface area contributed by atoms with E-state index in [1.165, 1.54) is 23.1 Å². The van der Waals surface area contributed by atoms with E-state index < -0.39 is 10.0 Å². The number of hydrogen-bond donors (Lipinski definition) is 3. The molecule has 4 aromatic rings. The number of fused-ring (bicyclic) bond motifs is 1. The Morgan fingerprint density at radius 2 is 1.91 bits per heavy atom. The highest BCUT2D eigenvalue weighted by molar-refractivity contribution is 8.00. The molecule has 0 fully saturated rings. The number of imidazole rings is 1. The van der Waals surface area contributed by atoms with Crippen molar-refractivity contribution < 1.29 is 13.2 Å². The number of thiazole rings is 1. The quantitative estimate of drug-likeness (QED) is 0.337. The fourth-order valence-corrected chi connectivity index (χ4v) is 5.03. The molecule has 0 aliphatic heterocycles. The number of carbonyl (C=O) groups is 1. The van der Waals surface area contributed by atoms with Crippen LogP contribution in [0.15, 0.2) is 53.9 Å². The molecule has 3 N–H and O–H groups in total. The number of thioether (sulfide) groups is 1. The molecule has 1 amide bonds. The zero-order valence-electron chi connectivity index (χ0n) is 17.3. The lowest BCUT2D eigenvalue weighted by atomic mass is 10.1. The fraction of sp³-hybridized carbons (Fsp3) is 0.190. The van der Waals surface area contributed by atoms with Gasteiger partial charge < -0.3 is 10.3 Å². The highest BCUT2D eigenvalue weighted by Gasteiger charge is 2.14. The standard InChI is InChI=1S/C21H21N5O3S3/c1-13(20-22-16-5-3-4-6-17(16)23-20)30-12-19(27)25-21-24-18(11-31-21)14-7-9-15(10-8-14)26-32(2,28)29/h3-11,13,26H,12H2,1-2H3,(H,22,23)(H,24,25,27). The molecule has 0 bridgehead atoms. The van der Waals surface area contributed by atoms with E-state index in [1.807, 2.05) is 36.6 Å². The number of H-pyrrole nitrogens is 1. The van der Waals surface area contributed by atoms with Crippen molar-refractivity contribution in [2.45, 2.75) is 12.2 Å². The summed E-state index contributed by atoms with van der Waals surface area (Å²) in [5.41, 5.74) is 3.91. The maximum absolute atomic E-state index is 12.4. The van der Waals surface area contributed by atoms with Gasteiger partial charge in [-0.05, 0) is 31.2 Å². The summed E-state index contributed by atoms with van der Waals surface area (Å²) in [5.74, 6) is 0.986. The number of nitrogens with zero attached hydrogens (tertiary/aromatic N) is 2. The van der Waals surface area contributed by atoms with E-state index in [4.69, 9.17) is 0 Å². The number of rotatable bonds is 8. The van der Waals surface area contributed by atoms with Gasteiger partial charge in [0, 0.05) is 16.6 Å². The summed E-state index contributed by atoms with van der Waals surface area (Å²) in [6.07, 6.45) is 1.10. The van der Waals surface area contributed by atoms with Crippen LogP contribution >= 0.6 is 23.1 Å². The molecule has 0 aliphatic carbocycles. The summed E-state index contributed by atoms with van der Waals surface area (Å²) < 4.78 is 25.0. The average molecular weight is 488 g/mol. The van der Waals surface area contributed by atoms with E-state index in [9.17, 15) is 13.2 Å². The first-order valence-electron chi connectivity index (χ1n) is 9.67. The van der Waals surface area contributed by atoms with Gasteiger partial charge in [-0.1, -0.05) is 24.3 Å². The minimum Gasteiger partial charge on any atom is -0.341 e. The predicted octanol–water partition coefficient (Wildman–Crippen LogP) is 4.49. The zero-order valence-corrected chi connectivity index (χ0v) is 19.8. The van der Waals surface area contributed by atoms with Gasteiger partial charge in [-0.2, -0.15) is 0 Å². The number of sulfonamides is 1. The Kier molecular flexibility index (Phi) is 6.49. The van der Waals surface area contributed by atoms with Crippen molar-refractivity contribution >= 4 is 60.9 Å². The molecule has 0 spiro atoms. The number of aromatic nitrogens is 3. The summed E-state index contributed by atoms with van der Waals surface area (Å²) >= 11 is 2.83. The van der Waals surface area contributed by atoms with Crippen molar-refractivity contribution in [3.63, 3.8) is 0 Å². The molecule has 166 valence electrons. The van der Waals surface area contributed by atoms with Gasteiger partial charge in [-0.15, -0.1) is 23.1 Å². The van der Waals surface area contributed by atoms with Crippen molar-refractivity contribution in [3.8, 4) is 11.3 Å². The topological polar surface area (TPSA) is 117 Å². The van der Waals surface area contributed by atoms with Crippen molar-refractivity contribution in [2.24, 2.45) is 0 Å². The Hall–Kier alpha value is -2.89. The van der Waals surface area contributed by atoms with Gasteiger partial charge in [0.1, 0.15) is 5.82 Å². The van der Waals surface area contributed by atoms with E-state index in [0.717, 1.165) is 28.7 Å². The number of para-hydroxylation sites is 2. The Balaban J connectivity index is 1.32. The second kappa shape index (κ2) is 9.31. The molecule has 0 saturated heterocycles. The maximum atomic E-state index is 12.4. The van der Waals surface area contributed by atoms with Crippen LogP contribution in [0.3, 0.4) is 0 Å². The first kappa shape index (κ1) is 22.3. The Bertz CT molecular complexity index is 1310. The van der Waals surface area contributed by atoms with E-state index >= 15 is 0 Å². The molecule has 4 rings (SSSR count). The van der Waals surface area contributed by atoms with Gasteiger partial charge in [0.05, 0.1) is 34.0 Å². The van der Waals surface area contributed by atoms with Crippen LogP contribution in [0.2, 0.25) is 0 Å². The minimum atomic E-state index is -3.32. The SMILES string of the molecule is CC(SCC(=O)Nc1nc(-c2ccc(NS(C)(=O)=O)cc2)cs1)c1nc2ccccc2[nH]1. The third-order valence-corrected chi connectivity index (χ3v) is 7.01. The minimum absolute atomic E-state index is 0.0408. The Morgan fingerprint density at radius 3 is 2.62 bits per heavy atom. The van der Waals surface area contributed by atoms with Crippen molar-refractivity contribution in [2.75, 3.05) is 22.0 Å². The Morgan fingerprint density at radius 1 is 1.16 bits per heavy atom. The molecule has 1 unspecified atom stereocenters. The lowest BCUT2D eigenvalue weighted by Crippen LogP contribution is -2.14. The Labute approximate surface area is 193 Å². The number of anilines is 2. The van der Waals surface area contributed by atoms with E-state index in [2.05, 4.69) is 25.0 Å². The summed E-state index contributed by atoms with van der Waals surface area (Å²) in [7, 11) is -3.32. The fourth-order valence-electron chi connectivity index (χ4n) is 2.99. The number of hydrogen-bond acceptors (Lipinski definition) is 7. The molecule has 0 aliphatic rings. The third kappa shape index (κ3) is 5.67. The lowest BCUT2D eigenvalue weighted by molar-refractivity contribution is -0.113. The first-order valence-corrected chi connectivity index (χ1v) is 13.5. The molecule has 0 radical (unpaired) electrons. The van der Waals surface area contributed by atoms with Crippen LogP contribution in [0.5, 0.6) is 0 Å². The zero-order chi connectivity index (χ0) is 22.7. The van der Waals surface area contributed by atoms with Crippen LogP contribution in [0.4, 0.5) is 10.8 Å². The highest BCUT2D eigenvalue weighted by Crippen LogP contribution is 2.29. The van der Waals surface area contributed by atoms with Crippen LogP contribution in [0, 0.1) is 0 Å². The molecule has 32 heavy (non-hydrogen) atoms. The molecule has 11 heteroatoms. The molecule has 2 heterocycles. The summed E-state index contributed by atoms with van der Waals surface area (Å²) in [5, 5.41) is 5.23. The third-order valence-electron chi connectivity index (χ3n) is 4.49. The smallest absolute Gasteiger partial charge is 0.236 e. The summed E-state index contributed by atoms with van der Waals surface area (Å²) in [6, 6.07) is 14.7. The molecule has 8 nitrogen and oxygen atoms in total. The van der Waals surface area contributed by atoms with Crippen LogP contribution in [-0.4, -0.2) is 41.3 Å². The molecule has 2 aromatic carbocycles. The number of benzene rings is 2. The summed E-state index contributed by atoms with van der Waals surface area (Å²) in [4.78, 5) is 24.7. The normalized spacial score (nSPS) is 12.6. The predicted molar refractivity (Wildman–Crippen MR) is 132 cm³/mol. The molecular weight excluding hydrogens is 466 g/mol. The molecular formula is C21H21N5O3S3. The average Bonchev–Trinajstić information content (AvgIpc) is 3.38. The van der Waals surface area contributed by atoms with Gasteiger partial charge in [0.2, 0.25) is 15.9 Å². The number of aromatic amines is 1.